The van der Waals surface area contributed by atoms with Crippen molar-refractivity contribution in [1.29, 1.82) is 0 Å². The average Bonchev–Trinajstić information content (AvgIpc) is 2.75. The molecule has 3 aromatic rings. The molecule has 1 heterocycles. The van der Waals surface area contributed by atoms with Gasteiger partial charge in [-0.2, -0.15) is 10.2 Å². The number of rotatable bonds is 7. The lowest BCUT2D eigenvalue weighted by Crippen LogP contribution is -2.29. The summed E-state index contributed by atoms with van der Waals surface area (Å²) in [5.41, 5.74) is 2.61. The fourth-order valence-electron chi connectivity index (χ4n) is 2.90. The van der Waals surface area contributed by atoms with Gasteiger partial charge in [0, 0.05) is 24.2 Å². The van der Waals surface area contributed by atoms with Gasteiger partial charge in [-0.3, -0.25) is 19.7 Å². The van der Waals surface area contributed by atoms with Crippen LogP contribution in [0.2, 0.25) is 0 Å². The van der Waals surface area contributed by atoms with Gasteiger partial charge in [0.05, 0.1) is 15.9 Å². The molecule has 0 aliphatic rings. The van der Waals surface area contributed by atoms with Crippen molar-refractivity contribution in [3.63, 3.8) is 0 Å². The monoisotopic (exact) mass is 405 g/mol. The first-order valence-electron chi connectivity index (χ1n) is 9.26. The first-order chi connectivity index (χ1) is 14.5. The Morgan fingerprint density at radius 3 is 2.63 bits per heavy atom. The highest BCUT2D eigenvalue weighted by Gasteiger charge is 2.16. The predicted molar refractivity (Wildman–Crippen MR) is 114 cm³/mol. The van der Waals surface area contributed by atoms with E-state index in [9.17, 15) is 19.7 Å². The molecule has 0 bridgehead atoms. The molecule has 30 heavy (non-hydrogen) atoms. The highest BCUT2D eigenvalue weighted by Crippen LogP contribution is 2.18. The first-order valence-corrected chi connectivity index (χ1v) is 9.26. The number of carbonyl (C=O) groups is 1. The second-order valence-corrected chi connectivity index (χ2v) is 6.32. The average molecular weight is 405 g/mol. The lowest BCUT2D eigenvalue weighted by molar-refractivity contribution is -0.385. The highest BCUT2D eigenvalue weighted by atomic mass is 16.6. The Hall–Kier alpha value is -4.14. The molecule has 1 N–H and O–H groups in total. The maximum atomic E-state index is 12.6. The zero-order valence-corrected chi connectivity index (χ0v) is 16.2. The van der Waals surface area contributed by atoms with Crippen LogP contribution >= 0.6 is 0 Å². The zero-order valence-electron chi connectivity index (χ0n) is 16.2. The van der Waals surface area contributed by atoms with Gasteiger partial charge in [-0.25, -0.2) is 10.1 Å². The number of hydrogen-bond acceptors (Lipinski definition) is 6. The number of aryl methyl sites for hydroxylation is 1. The molecule has 3 rings (SSSR count). The van der Waals surface area contributed by atoms with Crippen LogP contribution in [0.3, 0.4) is 0 Å². The summed E-state index contributed by atoms with van der Waals surface area (Å²) in [6.07, 6.45) is 4.99. The summed E-state index contributed by atoms with van der Waals surface area (Å²) in [4.78, 5) is 35.6. The van der Waals surface area contributed by atoms with E-state index in [2.05, 4.69) is 15.6 Å². The molecule has 2 aromatic carbocycles. The van der Waals surface area contributed by atoms with Crippen molar-refractivity contribution in [1.82, 2.24) is 15.2 Å². The third-order valence-corrected chi connectivity index (χ3v) is 4.25. The number of carbonyl (C=O) groups excluding carboxylic acids is 1. The van der Waals surface area contributed by atoms with Gasteiger partial charge in [0.15, 0.2) is 5.69 Å². The number of nitrogens with one attached hydrogen (secondary N) is 1. The number of nitro groups is 1. The van der Waals surface area contributed by atoms with Gasteiger partial charge in [0.2, 0.25) is 0 Å². The van der Waals surface area contributed by atoms with Gasteiger partial charge in [0.1, 0.15) is 0 Å². The number of hydrazone groups is 1. The smallest absolute Gasteiger partial charge is 0.267 e. The Labute approximate surface area is 171 Å². The van der Waals surface area contributed by atoms with Gasteiger partial charge in [-0.15, -0.1) is 0 Å². The van der Waals surface area contributed by atoms with Gasteiger partial charge in [-0.05, 0) is 30.7 Å². The standard InChI is InChI=1S/C21H19N5O4/c1-2-14-25-21(28)17-11-5-4-10-16(17)19(24-25)20(27)23-22-13-7-9-15-8-3-6-12-18(15)26(29)30/h3-13H,2,14H2,1H3,(H,23,27)/b9-7+,22-13-. The van der Waals surface area contributed by atoms with E-state index < -0.39 is 10.8 Å². The van der Waals surface area contributed by atoms with E-state index in [1.165, 1.54) is 29.1 Å². The number of benzene rings is 2. The summed E-state index contributed by atoms with van der Waals surface area (Å²) in [6.45, 7) is 2.31. The molecular weight excluding hydrogens is 386 g/mol. The second kappa shape index (κ2) is 9.37. The van der Waals surface area contributed by atoms with Crippen molar-refractivity contribution in [2.24, 2.45) is 5.10 Å². The largest absolute Gasteiger partial charge is 0.292 e. The number of fused-ring (bicyclic) bond motifs is 1. The summed E-state index contributed by atoms with van der Waals surface area (Å²) in [5.74, 6) is -0.564. The van der Waals surface area contributed by atoms with Gasteiger partial charge >= 0.3 is 0 Å². The molecule has 0 atom stereocenters. The number of nitro benzene ring substituents is 1. The van der Waals surface area contributed by atoms with Crippen molar-refractivity contribution in [2.45, 2.75) is 19.9 Å². The third kappa shape index (κ3) is 4.46. The Balaban J connectivity index is 1.80. The summed E-state index contributed by atoms with van der Waals surface area (Å²) in [7, 11) is 0. The summed E-state index contributed by atoms with van der Waals surface area (Å²) < 4.78 is 1.27. The Morgan fingerprint density at radius 1 is 1.20 bits per heavy atom. The maximum absolute atomic E-state index is 12.6. The topological polar surface area (TPSA) is 119 Å². The molecule has 0 fully saturated rings. The van der Waals surface area contributed by atoms with Crippen LogP contribution in [0.1, 0.15) is 29.4 Å². The van der Waals surface area contributed by atoms with Crippen molar-refractivity contribution < 1.29 is 9.72 Å². The number of para-hydroxylation sites is 1. The molecule has 0 unspecified atom stereocenters. The van der Waals surface area contributed by atoms with E-state index in [0.29, 0.717) is 29.3 Å². The normalized spacial score (nSPS) is 11.4. The molecule has 1 aromatic heterocycles. The van der Waals surface area contributed by atoms with Crippen molar-refractivity contribution >= 4 is 34.7 Å². The van der Waals surface area contributed by atoms with Gasteiger partial charge in [-0.1, -0.05) is 37.3 Å². The summed E-state index contributed by atoms with van der Waals surface area (Å²) in [5, 5.41) is 19.9. The van der Waals surface area contributed by atoms with Crippen LogP contribution in [0.4, 0.5) is 5.69 Å². The van der Waals surface area contributed by atoms with Crippen molar-refractivity contribution in [3.8, 4) is 0 Å². The molecule has 1 amide bonds. The lowest BCUT2D eigenvalue weighted by Gasteiger charge is -2.09. The minimum atomic E-state index is -0.564. The van der Waals surface area contributed by atoms with E-state index in [1.54, 1.807) is 42.5 Å². The van der Waals surface area contributed by atoms with Crippen LogP contribution in [-0.4, -0.2) is 26.8 Å². The van der Waals surface area contributed by atoms with Gasteiger partial charge in [0.25, 0.3) is 17.2 Å². The van der Waals surface area contributed by atoms with Crippen molar-refractivity contribution in [3.05, 3.63) is 86.3 Å². The molecular formula is C21H19N5O4. The first kappa shape index (κ1) is 20.6. The molecule has 0 aliphatic heterocycles. The third-order valence-electron chi connectivity index (χ3n) is 4.25. The lowest BCUT2D eigenvalue weighted by atomic mass is 10.1. The number of amides is 1. The molecule has 0 radical (unpaired) electrons. The van der Waals surface area contributed by atoms with Crippen molar-refractivity contribution in [2.75, 3.05) is 0 Å². The highest BCUT2D eigenvalue weighted by molar-refractivity contribution is 6.04. The van der Waals surface area contributed by atoms with Crippen LogP contribution in [0.15, 0.2) is 64.5 Å². The fourth-order valence-corrected chi connectivity index (χ4v) is 2.90. The van der Waals surface area contributed by atoms with E-state index in [-0.39, 0.29) is 16.9 Å². The van der Waals surface area contributed by atoms with Crippen LogP contribution in [0, 0.1) is 10.1 Å². The maximum Gasteiger partial charge on any atom is 0.292 e. The second-order valence-electron chi connectivity index (χ2n) is 6.32. The summed E-state index contributed by atoms with van der Waals surface area (Å²) >= 11 is 0. The molecule has 9 nitrogen and oxygen atoms in total. The Bertz CT molecular complexity index is 1210. The van der Waals surface area contributed by atoms with E-state index in [0.717, 1.165) is 0 Å². The molecule has 0 spiro atoms. The fraction of sp³-hybridized carbons (Fsp3) is 0.143. The molecule has 0 saturated carbocycles. The predicted octanol–water partition coefficient (Wildman–Crippen LogP) is 3.14. The van der Waals surface area contributed by atoms with E-state index >= 15 is 0 Å². The molecule has 0 saturated heterocycles. The quantitative estimate of drug-likeness (QED) is 0.368. The molecule has 9 heteroatoms. The van der Waals surface area contributed by atoms with Crippen LogP contribution in [0.25, 0.3) is 16.8 Å². The number of nitrogens with zero attached hydrogens (tertiary/aromatic N) is 4. The van der Waals surface area contributed by atoms with Crippen LogP contribution in [-0.2, 0) is 6.54 Å². The zero-order chi connectivity index (χ0) is 21.5. The molecule has 152 valence electrons. The van der Waals surface area contributed by atoms with E-state index in [1.807, 2.05) is 6.92 Å². The minimum absolute atomic E-state index is 0.0277. The number of hydrogen-bond donors (Lipinski definition) is 1. The molecule has 0 aliphatic carbocycles. The number of aromatic nitrogens is 2. The van der Waals surface area contributed by atoms with Crippen LogP contribution < -0.4 is 11.0 Å². The minimum Gasteiger partial charge on any atom is -0.267 e. The SMILES string of the molecule is CCCn1nc(C(=O)N/N=C\C=C\c2ccccc2[N+](=O)[O-])c2ccccc2c1=O. The van der Waals surface area contributed by atoms with E-state index in [4.69, 9.17) is 0 Å². The Kier molecular flexibility index (Phi) is 6.43. The Morgan fingerprint density at radius 2 is 1.90 bits per heavy atom. The summed E-state index contributed by atoms with van der Waals surface area (Å²) in [6, 6.07) is 13.0. The van der Waals surface area contributed by atoms with Gasteiger partial charge < -0.3 is 0 Å². The number of allylic oxidation sites excluding steroid dienone is 1. The van der Waals surface area contributed by atoms with Crippen LogP contribution in [0.5, 0.6) is 0 Å².